The summed E-state index contributed by atoms with van der Waals surface area (Å²) in [5.74, 6) is 1.63. The lowest BCUT2D eigenvalue weighted by Gasteiger charge is -2.17. The topological polar surface area (TPSA) is 75.5 Å². The summed E-state index contributed by atoms with van der Waals surface area (Å²) in [5, 5.41) is 3.86. The molecule has 0 spiro atoms. The minimum absolute atomic E-state index is 0.267. The average Bonchev–Trinajstić information content (AvgIpc) is 3.38. The van der Waals surface area contributed by atoms with Crippen LogP contribution in [0.3, 0.4) is 0 Å². The lowest BCUT2D eigenvalue weighted by atomic mass is 10.1. The summed E-state index contributed by atoms with van der Waals surface area (Å²) in [6.07, 6.45) is 3.24. The van der Waals surface area contributed by atoms with Crippen LogP contribution in [0.5, 0.6) is 17.2 Å². The first kappa shape index (κ1) is 22.9. The molecule has 3 aromatic heterocycles. The van der Waals surface area contributed by atoms with Gasteiger partial charge in [-0.15, -0.1) is 11.3 Å². The highest BCUT2D eigenvalue weighted by Gasteiger charge is 2.20. The molecule has 3 heterocycles. The molecule has 5 rings (SSSR count). The highest BCUT2D eigenvalue weighted by atomic mass is 35.5. The average molecular weight is 506 g/mol. The van der Waals surface area contributed by atoms with Crippen molar-refractivity contribution in [1.29, 1.82) is 0 Å². The zero-order valence-electron chi connectivity index (χ0n) is 19.1. The number of hydrogen-bond donors (Lipinski definition) is 0. The zero-order chi connectivity index (χ0) is 24.5. The van der Waals surface area contributed by atoms with Crippen molar-refractivity contribution >= 4 is 33.8 Å². The summed E-state index contributed by atoms with van der Waals surface area (Å²) in [5.41, 5.74) is 2.92. The van der Waals surface area contributed by atoms with E-state index in [1.54, 1.807) is 62.6 Å². The van der Waals surface area contributed by atoms with Crippen molar-refractivity contribution in [1.82, 2.24) is 14.5 Å². The minimum atomic E-state index is -0.267. The minimum Gasteiger partial charge on any atom is -0.497 e. The van der Waals surface area contributed by atoms with Crippen molar-refractivity contribution in [3.05, 3.63) is 81.7 Å². The Hall–Kier alpha value is -3.88. The predicted octanol–water partition coefficient (Wildman–Crippen LogP) is 5.86. The zero-order valence-corrected chi connectivity index (χ0v) is 20.7. The van der Waals surface area contributed by atoms with Crippen molar-refractivity contribution < 1.29 is 14.2 Å². The highest BCUT2D eigenvalue weighted by Crippen LogP contribution is 2.35. The third-order valence-corrected chi connectivity index (χ3v) is 6.74. The van der Waals surface area contributed by atoms with Crippen LogP contribution in [0.25, 0.3) is 38.4 Å². The Labute approximate surface area is 210 Å². The van der Waals surface area contributed by atoms with Crippen molar-refractivity contribution in [2.75, 3.05) is 21.3 Å². The number of hydrogen-bond acceptors (Lipinski definition) is 7. The molecule has 0 amide bonds. The molecule has 0 unspecified atom stereocenters. The summed E-state index contributed by atoms with van der Waals surface area (Å²) >= 11 is 7.42. The third-order valence-electron chi connectivity index (χ3n) is 5.61. The largest absolute Gasteiger partial charge is 0.497 e. The Morgan fingerprint density at radius 2 is 1.69 bits per heavy atom. The Balaban J connectivity index is 1.80. The first-order valence-corrected chi connectivity index (χ1v) is 11.8. The lowest BCUT2D eigenvalue weighted by molar-refractivity contribution is 0.401. The van der Waals surface area contributed by atoms with Crippen LogP contribution in [0.1, 0.15) is 0 Å². The second-order valence-corrected chi connectivity index (χ2v) is 8.85. The Morgan fingerprint density at radius 1 is 0.914 bits per heavy atom. The van der Waals surface area contributed by atoms with Crippen LogP contribution in [0.15, 0.2) is 71.1 Å². The first-order valence-electron chi connectivity index (χ1n) is 10.6. The molecule has 0 fully saturated rings. The number of ether oxygens (including phenoxy) is 3. The molecule has 0 aliphatic heterocycles. The van der Waals surface area contributed by atoms with E-state index in [2.05, 4.69) is 4.98 Å². The van der Waals surface area contributed by atoms with Gasteiger partial charge >= 0.3 is 0 Å². The van der Waals surface area contributed by atoms with Gasteiger partial charge in [0.05, 0.1) is 56.2 Å². The molecule has 176 valence electrons. The number of pyridine rings is 2. The van der Waals surface area contributed by atoms with Crippen molar-refractivity contribution in [2.24, 2.45) is 0 Å². The van der Waals surface area contributed by atoms with Crippen molar-refractivity contribution in [3.63, 3.8) is 0 Å². The van der Waals surface area contributed by atoms with E-state index in [9.17, 15) is 4.79 Å². The molecule has 0 radical (unpaired) electrons. The second kappa shape index (κ2) is 9.40. The van der Waals surface area contributed by atoms with Gasteiger partial charge in [0.25, 0.3) is 5.56 Å². The number of nitrogens with zero attached hydrogens (tertiary/aromatic N) is 3. The maximum Gasteiger partial charge on any atom is 0.266 e. The normalized spacial score (nSPS) is 11.0. The number of methoxy groups -OCH3 is 3. The molecule has 7 nitrogen and oxygen atoms in total. The van der Waals surface area contributed by atoms with Gasteiger partial charge in [-0.1, -0.05) is 23.7 Å². The predicted molar refractivity (Wildman–Crippen MR) is 139 cm³/mol. The fraction of sp³-hybridized carbons (Fsp3) is 0.115. The molecule has 0 atom stereocenters. The molecule has 5 aromatic rings. The fourth-order valence-corrected chi connectivity index (χ4v) is 4.84. The second-order valence-electron chi connectivity index (χ2n) is 7.56. The van der Waals surface area contributed by atoms with Gasteiger partial charge in [0.15, 0.2) is 0 Å². The molecule has 35 heavy (non-hydrogen) atoms. The van der Waals surface area contributed by atoms with Crippen molar-refractivity contribution in [2.45, 2.75) is 0 Å². The summed E-state index contributed by atoms with van der Waals surface area (Å²) < 4.78 is 18.1. The van der Waals surface area contributed by atoms with Gasteiger partial charge in [-0.2, -0.15) is 0 Å². The Kier molecular flexibility index (Phi) is 6.15. The molecule has 0 N–H and O–H groups in total. The summed E-state index contributed by atoms with van der Waals surface area (Å²) in [4.78, 5) is 23.0. The summed E-state index contributed by atoms with van der Waals surface area (Å²) in [7, 11) is 4.70. The van der Waals surface area contributed by atoms with E-state index in [1.165, 1.54) is 11.3 Å². The van der Waals surface area contributed by atoms with E-state index in [0.717, 1.165) is 11.3 Å². The smallest absolute Gasteiger partial charge is 0.266 e. The molecular formula is C26H20ClN3O4S. The molecule has 0 saturated carbocycles. The van der Waals surface area contributed by atoms with Gasteiger partial charge in [0.2, 0.25) is 0 Å². The third kappa shape index (κ3) is 4.11. The van der Waals surface area contributed by atoms with Crippen LogP contribution in [0.2, 0.25) is 5.02 Å². The quantitative estimate of drug-likeness (QED) is 0.288. The van der Waals surface area contributed by atoms with Gasteiger partial charge < -0.3 is 14.2 Å². The molecule has 9 heteroatoms. The number of fused-ring (bicyclic) bond motifs is 1. The maximum atomic E-state index is 14.0. The molecule has 0 saturated heterocycles. The van der Waals surface area contributed by atoms with E-state index in [4.69, 9.17) is 30.8 Å². The standard InChI is InChI=1S/C26H20ClN3O4S/c1-32-17-8-9-23(33-2)21(10-17)30-22-12-28-13-24(34-3)18(22)11-19(26(30)31)25-29-20(14-35-25)15-4-6-16(27)7-5-15/h4-14H,1-3H3. The van der Waals surface area contributed by atoms with E-state index >= 15 is 0 Å². The summed E-state index contributed by atoms with van der Waals surface area (Å²) in [6.45, 7) is 0. The van der Waals surface area contributed by atoms with Crippen LogP contribution in [-0.4, -0.2) is 35.9 Å². The van der Waals surface area contributed by atoms with E-state index < -0.39 is 0 Å². The van der Waals surface area contributed by atoms with E-state index in [0.29, 0.717) is 49.4 Å². The van der Waals surface area contributed by atoms with Crippen LogP contribution in [-0.2, 0) is 0 Å². The van der Waals surface area contributed by atoms with Gasteiger partial charge in [-0.3, -0.25) is 14.3 Å². The van der Waals surface area contributed by atoms with Crippen LogP contribution in [0.4, 0.5) is 0 Å². The molecule has 2 aromatic carbocycles. The molecular weight excluding hydrogens is 486 g/mol. The number of benzene rings is 2. The van der Waals surface area contributed by atoms with Gasteiger partial charge in [0, 0.05) is 27.4 Å². The Bertz CT molecular complexity index is 1600. The van der Waals surface area contributed by atoms with Gasteiger partial charge in [-0.25, -0.2) is 4.98 Å². The molecule has 0 aliphatic carbocycles. The van der Waals surface area contributed by atoms with Gasteiger partial charge in [0.1, 0.15) is 22.3 Å². The number of rotatable bonds is 6. The number of thiazole rings is 1. The lowest BCUT2D eigenvalue weighted by Crippen LogP contribution is -2.21. The highest BCUT2D eigenvalue weighted by molar-refractivity contribution is 7.13. The molecule has 0 bridgehead atoms. The monoisotopic (exact) mass is 505 g/mol. The summed E-state index contributed by atoms with van der Waals surface area (Å²) in [6, 6.07) is 14.5. The van der Waals surface area contributed by atoms with E-state index in [1.807, 2.05) is 29.6 Å². The molecule has 0 aliphatic rings. The maximum absolute atomic E-state index is 14.0. The number of aromatic nitrogens is 3. The van der Waals surface area contributed by atoms with E-state index in [-0.39, 0.29) is 5.56 Å². The fourth-order valence-electron chi connectivity index (χ4n) is 3.88. The first-order chi connectivity index (χ1) is 17.0. The SMILES string of the molecule is COc1ccc(OC)c(-n2c(=O)c(-c3nc(-c4ccc(Cl)cc4)cs3)cc3c(OC)cncc32)c1. The van der Waals surface area contributed by atoms with Gasteiger partial charge in [-0.05, 0) is 30.3 Å². The Morgan fingerprint density at radius 3 is 2.40 bits per heavy atom. The van der Waals surface area contributed by atoms with Crippen molar-refractivity contribution in [3.8, 4) is 44.8 Å². The van der Waals surface area contributed by atoms with Crippen LogP contribution < -0.4 is 19.8 Å². The van der Waals surface area contributed by atoms with Crippen LogP contribution >= 0.6 is 22.9 Å². The van der Waals surface area contributed by atoms with Crippen LogP contribution in [0, 0.1) is 0 Å². The number of halogens is 1.